The van der Waals surface area contributed by atoms with E-state index in [0.29, 0.717) is 24.0 Å². The fraction of sp³-hybridized carbons (Fsp3) is 0.250. The van der Waals surface area contributed by atoms with Gasteiger partial charge in [-0.05, 0) is 24.1 Å². The van der Waals surface area contributed by atoms with Crippen LogP contribution in [-0.2, 0) is 12.8 Å². The van der Waals surface area contributed by atoms with E-state index in [1.807, 2.05) is 0 Å². The number of phenolic OH excluding ortho intramolecular Hbond substituents is 1. The molecule has 0 spiro atoms. The molecule has 0 saturated heterocycles. The van der Waals surface area contributed by atoms with E-state index in [4.69, 9.17) is 4.42 Å². The summed E-state index contributed by atoms with van der Waals surface area (Å²) in [5.74, 6) is 0.0640. The van der Waals surface area contributed by atoms with E-state index in [2.05, 4.69) is 0 Å². The SMILES string of the molecule is O=c1oc2cc(O)ccc2c2c1CC(O)C2. The lowest BCUT2D eigenvalue weighted by Crippen LogP contribution is -2.09. The number of hydrogen-bond acceptors (Lipinski definition) is 4. The zero-order chi connectivity index (χ0) is 11.3. The Morgan fingerprint density at radius 3 is 2.81 bits per heavy atom. The molecule has 1 atom stereocenters. The molecule has 16 heavy (non-hydrogen) atoms. The minimum absolute atomic E-state index is 0.0640. The highest BCUT2D eigenvalue weighted by Crippen LogP contribution is 2.29. The zero-order valence-corrected chi connectivity index (χ0v) is 8.43. The summed E-state index contributed by atoms with van der Waals surface area (Å²) in [6, 6.07) is 4.68. The summed E-state index contributed by atoms with van der Waals surface area (Å²) in [7, 11) is 0. The summed E-state index contributed by atoms with van der Waals surface area (Å²) in [6.45, 7) is 0. The average Bonchev–Trinajstić information content (AvgIpc) is 2.60. The third-order valence-corrected chi connectivity index (χ3v) is 2.98. The summed E-state index contributed by atoms with van der Waals surface area (Å²) in [5, 5.41) is 19.7. The first kappa shape index (κ1) is 9.42. The van der Waals surface area contributed by atoms with Gasteiger partial charge in [-0.25, -0.2) is 4.79 Å². The number of rotatable bonds is 0. The Labute approximate surface area is 90.8 Å². The molecule has 4 nitrogen and oxygen atoms in total. The Hall–Kier alpha value is -1.81. The van der Waals surface area contributed by atoms with Crippen molar-refractivity contribution in [2.45, 2.75) is 18.9 Å². The Bertz CT molecular complexity index is 627. The van der Waals surface area contributed by atoms with Gasteiger partial charge >= 0.3 is 5.63 Å². The smallest absolute Gasteiger partial charge is 0.339 e. The monoisotopic (exact) mass is 218 g/mol. The molecule has 2 N–H and O–H groups in total. The highest BCUT2D eigenvalue weighted by Gasteiger charge is 2.25. The molecule has 1 aromatic heterocycles. The normalized spacial score (nSPS) is 18.9. The summed E-state index contributed by atoms with van der Waals surface area (Å²) in [4.78, 5) is 11.6. The van der Waals surface area contributed by atoms with Gasteiger partial charge in [0.2, 0.25) is 0 Å². The van der Waals surface area contributed by atoms with Gasteiger partial charge in [0, 0.05) is 23.4 Å². The summed E-state index contributed by atoms with van der Waals surface area (Å²) in [5.41, 5.74) is 1.37. The van der Waals surface area contributed by atoms with Crippen molar-refractivity contribution in [3.05, 3.63) is 39.7 Å². The van der Waals surface area contributed by atoms with Crippen molar-refractivity contribution in [2.24, 2.45) is 0 Å². The van der Waals surface area contributed by atoms with Gasteiger partial charge in [0.1, 0.15) is 11.3 Å². The quantitative estimate of drug-likeness (QED) is 0.646. The molecule has 4 heteroatoms. The third kappa shape index (κ3) is 1.23. The van der Waals surface area contributed by atoms with Crippen molar-refractivity contribution in [3.8, 4) is 5.75 Å². The van der Waals surface area contributed by atoms with Gasteiger partial charge in [-0.1, -0.05) is 0 Å². The van der Waals surface area contributed by atoms with E-state index in [-0.39, 0.29) is 5.75 Å². The van der Waals surface area contributed by atoms with Crippen LogP contribution in [0.5, 0.6) is 5.75 Å². The van der Waals surface area contributed by atoms with Crippen LogP contribution in [0.2, 0.25) is 0 Å². The first-order valence-electron chi connectivity index (χ1n) is 5.11. The van der Waals surface area contributed by atoms with Crippen molar-refractivity contribution in [3.63, 3.8) is 0 Å². The number of hydrogen-bond donors (Lipinski definition) is 2. The van der Waals surface area contributed by atoms with Crippen LogP contribution in [0.25, 0.3) is 11.0 Å². The lowest BCUT2D eigenvalue weighted by molar-refractivity contribution is 0.186. The molecule has 1 aliphatic carbocycles. The van der Waals surface area contributed by atoms with Crippen LogP contribution in [0.15, 0.2) is 27.4 Å². The molecule has 3 rings (SSSR count). The molecule has 2 aromatic rings. The van der Waals surface area contributed by atoms with Gasteiger partial charge in [-0.2, -0.15) is 0 Å². The lowest BCUT2D eigenvalue weighted by atomic mass is 10.1. The Kier molecular flexibility index (Phi) is 1.82. The summed E-state index contributed by atoms with van der Waals surface area (Å²) < 4.78 is 5.11. The first-order valence-corrected chi connectivity index (χ1v) is 5.11. The number of aromatic hydroxyl groups is 1. The largest absolute Gasteiger partial charge is 0.508 e. The molecule has 0 fully saturated rings. The van der Waals surface area contributed by atoms with Gasteiger partial charge in [-0.15, -0.1) is 0 Å². The van der Waals surface area contributed by atoms with E-state index < -0.39 is 11.7 Å². The second kappa shape index (κ2) is 3.09. The van der Waals surface area contributed by atoms with Crippen LogP contribution in [0, 0.1) is 0 Å². The lowest BCUT2D eigenvalue weighted by Gasteiger charge is -2.03. The maximum Gasteiger partial charge on any atom is 0.339 e. The average molecular weight is 218 g/mol. The maximum absolute atomic E-state index is 11.6. The summed E-state index contributed by atoms with van der Waals surface area (Å²) in [6.07, 6.45) is 0.328. The van der Waals surface area contributed by atoms with E-state index in [1.165, 1.54) is 6.07 Å². The van der Waals surface area contributed by atoms with Crippen LogP contribution in [0.4, 0.5) is 0 Å². The Morgan fingerprint density at radius 2 is 2.00 bits per heavy atom. The van der Waals surface area contributed by atoms with E-state index in [9.17, 15) is 15.0 Å². The minimum Gasteiger partial charge on any atom is -0.508 e. The highest BCUT2D eigenvalue weighted by atomic mass is 16.4. The van der Waals surface area contributed by atoms with Crippen molar-refractivity contribution >= 4 is 11.0 Å². The van der Waals surface area contributed by atoms with Gasteiger partial charge in [-0.3, -0.25) is 0 Å². The van der Waals surface area contributed by atoms with Gasteiger partial charge in [0.15, 0.2) is 0 Å². The number of phenols is 1. The molecule has 0 bridgehead atoms. The van der Waals surface area contributed by atoms with Crippen molar-refractivity contribution in [1.82, 2.24) is 0 Å². The molecule has 1 heterocycles. The van der Waals surface area contributed by atoms with Crippen molar-refractivity contribution in [1.29, 1.82) is 0 Å². The molecule has 0 amide bonds. The van der Waals surface area contributed by atoms with Crippen molar-refractivity contribution in [2.75, 3.05) is 0 Å². The second-order valence-electron chi connectivity index (χ2n) is 4.09. The standard InChI is InChI=1S/C12H10O4/c13-6-1-2-8-9-3-7(14)4-10(9)12(15)16-11(8)5-6/h1-2,5,7,13-14H,3-4H2. The molecule has 1 aliphatic rings. The predicted octanol–water partition coefficient (Wildman–Crippen LogP) is 0.958. The molecular formula is C12H10O4. The Balaban J connectivity index is 2.41. The Morgan fingerprint density at radius 1 is 1.25 bits per heavy atom. The molecule has 1 aromatic carbocycles. The highest BCUT2D eigenvalue weighted by molar-refractivity contribution is 5.83. The topological polar surface area (TPSA) is 70.7 Å². The molecular weight excluding hydrogens is 208 g/mol. The second-order valence-corrected chi connectivity index (χ2v) is 4.09. The number of benzene rings is 1. The molecule has 0 aliphatic heterocycles. The predicted molar refractivity (Wildman–Crippen MR) is 57.6 cm³/mol. The minimum atomic E-state index is -0.502. The van der Waals surface area contributed by atoms with Crippen LogP contribution in [-0.4, -0.2) is 16.3 Å². The van der Waals surface area contributed by atoms with Gasteiger partial charge in [0.05, 0.1) is 6.10 Å². The van der Waals surface area contributed by atoms with Crippen LogP contribution < -0.4 is 5.63 Å². The van der Waals surface area contributed by atoms with Gasteiger partial charge < -0.3 is 14.6 Å². The van der Waals surface area contributed by atoms with Gasteiger partial charge in [0.25, 0.3) is 0 Å². The van der Waals surface area contributed by atoms with Crippen molar-refractivity contribution < 1.29 is 14.6 Å². The van der Waals surface area contributed by atoms with E-state index in [1.54, 1.807) is 12.1 Å². The zero-order valence-electron chi connectivity index (χ0n) is 8.43. The first-order chi connectivity index (χ1) is 7.65. The van der Waals surface area contributed by atoms with Crippen LogP contribution in [0.3, 0.4) is 0 Å². The number of aliphatic hydroxyl groups excluding tert-OH is 1. The van der Waals surface area contributed by atoms with E-state index >= 15 is 0 Å². The third-order valence-electron chi connectivity index (χ3n) is 2.98. The molecule has 0 radical (unpaired) electrons. The fourth-order valence-corrected chi connectivity index (χ4v) is 2.28. The fourth-order valence-electron chi connectivity index (χ4n) is 2.28. The molecule has 1 unspecified atom stereocenters. The molecule has 82 valence electrons. The maximum atomic E-state index is 11.6. The van der Waals surface area contributed by atoms with E-state index in [0.717, 1.165) is 10.9 Å². The van der Waals surface area contributed by atoms with Crippen LogP contribution >= 0.6 is 0 Å². The number of aliphatic hydroxyl groups is 1. The summed E-state index contributed by atoms with van der Waals surface area (Å²) >= 11 is 0. The number of fused-ring (bicyclic) bond motifs is 3. The molecule has 0 saturated carbocycles. The van der Waals surface area contributed by atoms with Crippen LogP contribution in [0.1, 0.15) is 11.1 Å².